The molecule has 0 atom stereocenters. The first-order valence-electron chi connectivity index (χ1n) is 9.44. The van der Waals surface area contributed by atoms with Crippen LogP contribution >= 0.6 is 22.6 Å². The fraction of sp³-hybridized carbons (Fsp3) is 0.0833. The molecule has 0 bridgehead atoms. The van der Waals surface area contributed by atoms with Crippen molar-refractivity contribution in [2.24, 2.45) is 5.10 Å². The summed E-state index contributed by atoms with van der Waals surface area (Å²) >= 11 is 2.30. The van der Waals surface area contributed by atoms with Crippen LogP contribution in [0.4, 0.5) is 4.39 Å². The molecule has 0 aliphatic rings. The molecular weight excluding hydrogens is 492 g/mol. The van der Waals surface area contributed by atoms with E-state index in [-0.39, 0.29) is 11.7 Å². The molecule has 1 amide bonds. The monoisotopic (exact) mass is 511 g/mol. The number of fused-ring (bicyclic) bond motifs is 1. The Bertz CT molecular complexity index is 1230. The second-order valence-electron chi connectivity index (χ2n) is 6.93. The number of amides is 1. The van der Waals surface area contributed by atoms with Crippen molar-refractivity contribution in [1.82, 2.24) is 9.99 Å². The Hall–Kier alpha value is -3.00. The van der Waals surface area contributed by atoms with E-state index in [1.54, 1.807) is 6.21 Å². The van der Waals surface area contributed by atoms with E-state index < -0.39 is 0 Å². The summed E-state index contributed by atoms with van der Waals surface area (Å²) in [5.41, 5.74) is 7.22. The van der Waals surface area contributed by atoms with Crippen LogP contribution in [0, 0.1) is 16.3 Å². The van der Waals surface area contributed by atoms with Crippen LogP contribution in [0.5, 0.6) is 0 Å². The van der Waals surface area contributed by atoms with Gasteiger partial charge in [-0.2, -0.15) is 5.10 Å². The first-order valence-corrected chi connectivity index (χ1v) is 10.5. The third-order valence-electron chi connectivity index (χ3n) is 5.00. The molecular formula is C24H19FIN3O. The Morgan fingerprint density at radius 1 is 1.07 bits per heavy atom. The summed E-state index contributed by atoms with van der Waals surface area (Å²) in [4.78, 5) is 12.2. The van der Waals surface area contributed by atoms with Gasteiger partial charge in [0.2, 0.25) is 0 Å². The predicted octanol–water partition coefficient (Wildman–Crippen LogP) is 5.51. The number of benzene rings is 3. The van der Waals surface area contributed by atoms with Crippen molar-refractivity contribution in [2.45, 2.75) is 13.5 Å². The second-order valence-corrected chi connectivity index (χ2v) is 8.18. The molecule has 4 aromatic rings. The second kappa shape index (κ2) is 8.79. The molecule has 3 aromatic carbocycles. The minimum absolute atomic E-state index is 0.353. The molecule has 0 saturated carbocycles. The number of carbonyl (C=O) groups excluding carboxylic acids is 1. The van der Waals surface area contributed by atoms with Crippen LogP contribution in [-0.2, 0) is 6.54 Å². The molecule has 6 heteroatoms. The molecule has 0 unspecified atom stereocenters. The van der Waals surface area contributed by atoms with Crippen molar-refractivity contribution in [3.8, 4) is 0 Å². The van der Waals surface area contributed by atoms with Gasteiger partial charge in [0.25, 0.3) is 5.91 Å². The normalized spacial score (nSPS) is 11.3. The third kappa shape index (κ3) is 4.28. The lowest BCUT2D eigenvalue weighted by atomic mass is 10.1. The maximum absolute atomic E-state index is 13.0. The lowest BCUT2D eigenvalue weighted by Crippen LogP contribution is -2.17. The average Bonchev–Trinajstić information content (AvgIpc) is 3.01. The first kappa shape index (κ1) is 20.3. The van der Waals surface area contributed by atoms with Crippen LogP contribution in [0.15, 0.2) is 77.9 Å². The van der Waals surface area contributed by atoms with Gasteiger partial charge in [0.15, 0.2) is 0 Å². The molecule has 4 rings (SSSR count). The average molecular weight is 511 g/mol. The van der Waals surface area contributed by atoms with Crippen LogP contribution < -0.4 is 5.43 Å². The van der Waals surface area contributed by atoms with Gasteiger partial charge in [-0.1, -0.05) is 30.3 Å². The summed E-state index contributed by atoms with van der Waals surface area (Å²) < 4.78 is 16.5. The maximum atomic E-state index is 13.0. The fourth-order valence-corrected chi connectivity index (χ4v) is 3.78. The van der Waals surface area contributed by atoms with Gasteiger partial charge in [0, 0.05) is 37.8 Å². The number of carbonyl (C=O) groups is 1. The fourth-order valence-electron chi connectivity index (χ4n) is 3.42. The quantitative estimate of drug-likeness (QED) is 0.215. The molecule has 0 saturated heterocycles. The van der Waals surface area contributed by atoms with E-state index in [0.717, 1.165) is 28.7 Å². The number of aromatic nitrogens is 1. The van der Waals surface area contributed by atoms with E-state index in [1.807, 2.05) is 12.1 Å². The van der Waals surface area contributed by atoms with Crippen molar-refractivity contribution in [3.63, 3.8) is 0 Å². The molecule has 0 radical (unpaired) electrons. The number of rotatable bonds is 5. The van der Waals surface area contributed by atoms with Gasteiger partial charge in [-0.3, -0.25) is 4.79 Å². The Morgan fingerprint density at radius 3 is 2.50 bits per heavy atom. The minimum Gasteiger partial charge on any atom is -0.340 e. The third-order valence-corrected chi connectivity index (χ3v) is 5.72. The van der Waals surface area contributed by atoms with Gasteiger partial charge in [0.1, 0.15) is 5.82 Å². The summed E-state index contributed by atoms with van der Waals surface area (Å²) in [6, 6.07) is 22.0. The largest absolute Gasteiger partial charge is 0.340 e. The van der Waals surface area contributed by atoms with Gasteiger partial charge in [-0.15, -0.1) is 0 Å². The van der Waals surface area contributed by atoms with Crippen LogP contribution in [0.1, 0.15) is 27.2 Å². The summed E-state index contributed by atoms with van der Waals surface area (Å²) in [6.45, 7) is 2.80. The van der Waals surface area contributed by atoms with Crippen LogP contribution in [0.25, 0.3) is 10.9 Å². The minimum atomic E-state index is -0.383. The van der Waals surface area contributed by atoms with Crippen molar-refractivity contribution in [1.29, 1.82) is 0 Å². The summed E-state index contributed by atoms with van der Waals surface area (Å²) in [5, 5.41) is 5.22. The standard InChI is InChI=1S/C24H19FIN3O/c1-16-22(14-27-28-24(30)18-8-10-19(25)11-9-18)21-4-2-3-5-23(21)29(16)15-17-6-12-20(26)13-7-17/h2-14H,15H2,1H3,(H,28,30)/b27-14-. The summed E-state index contributed by atoms with van der Waals surface area (Å²) in [6.07, 6.45) is 1.67. The predicted molar refractivity (Wildman–Crippen MR) is 126 cm³/mol. The molecule has 1 aromatic heterocycles. The maximum Gasteiger partial charge on any atom is 0.271 e. The summed E-state index contributed by atoms with van der Waals surface area (Å²) in [7, 11) is 0. The number of hydrogen-bond donors (Lipinski definition) is 1. The van der Waals surface area contributed by atoms with E-state index in [0.29, 0.717) is 5.56 Å². The zero-order chi connectivity index (χ0) is 21.1. The van der Waals surface area contributed by atoms with Crippen LogP contribution in [-0.4, -0.2) is 16.7 Å². The molecule has 0 fully saturated rings. The van der Waals surface area contributed by atoms with Crippen molar-refractivity contribution in [3.05, 3.63) is 105 Å². The van der Waals surface area contributed by atoms with Crippen LogP contribution in [0.3, 0.4) is 0 Å². The zero-order valence-corrected chi connectivity index (χ0v) is 18.4. The van der Waals surface area contributed by atoms with E-state index in [9.17, 15) is 9.18 Å². The number of hydrogen-bond acceptors (Lipinski definition) is 2. The molecule has 150 valence electrons. The highest BCUT2D eigenvalue weighted by atomic mass is 127. The van der Waals surface area contributed by atoms with Gasteiger partial charge in [-0.25, -0.2) is 9.82 Å². The molecule has 1 N–H and O–H groups in total. The van der Waals surface area contributed by atoms with E-state index in [2.05, 4.69) is 81.0 Å². The van der Waals surface area contributed by atoms with E-state index >= 15 is 0 Å². The molecule has 4 nitrogen and oxygen atoms in total. The SMILES string of the molecule is Cc1c(/C=N\NC(=O)c2ccc(F)cc2)c2ccccc2n1Cc1ccc(I)cc1. The Labute approximate surface area is 187 Å². The van der Waals surface area contributed by atoms with Crippen molar-refractivity contribution >= 4 is 45.6 Å². The Kier molecular flexibility index (Phi) is 5.94. The van der Waals surface area contributed by atoms with Crippen molar-refractivity contribution in [2.75, 3.05) is 0 Å². The Morgan fingerprint density at radius 2 is 1.77 bits per heavy atom. The molecule has 30 heavy (non-hydrogen) atoms. The number of para-hydroxylation sites is 1. The molecule has 0 aliphatic carbocycles. The molecule has 1 heterocycles. The van der Waals surface area contributed by atoms with Gasteiger partial charge in [-0.05, 0) is 77.5 Å². The Balaban J connectivity index is 1.61. The highest BCUT2D eigenvalue weighted by Gasteiger charge is 2.13. The zero-order valence-electron chi connectivity index (χ0n) is 16.3. The van der Waals surface area contributed by atoms with Crippen LogP contribution in [0.2, 0.25) is 0 Å². The highest BCUT2D eigenvalue weighted by molar-refractivity contribution is 14.1. The molecule has 0 spiro atoms. The highest BCUT2D eigenvalue weighted by Crippen LogP contribution is 2.25. The van der Waals surface area contributed by atoms with Gasteiger partial charge < -0.3 is 4.57 Å². The first-order chi connectivity index (χ1) is 14.5. The van der Waals surface area contributed by atoms with Gasteiger partial charge >= 0.3 is 0 Å². The molecule has 0 aliphatic heterocycles. The summed E-state index contributed by atoms with van der Waals surface area (Å²) in [5.74, 6) is -0.766. The lowest BCUT2D eigenvalue weighted by molar-refractivity contribution is 0.0955. The van der Waals surface area contributed by atoms with Crippen molar-refractivity contribution < 1.29 is 9.18 Å². The number of halogens is 2. The number of nitrogens with zero attached hydrogens (tertiary/aromatic N) is 2. The van der Waals surface area contributed by atoms with Gasteiger partial charge in [0.05, 0.1) is 6.21 Å². The smallest absolute Gasteiger partial charge is 0.271 e. The topological polar surface area (TPSA) is 46.4 Å². The lowest BCUT2D eigenvalue weighted by Gasteiger charge is -2.09. The van der Waals surface area contributed by atoms with E-state index in [4.69, 9.17) is 0 Å². The van der Waals surface area contributed by atoms with E-state index in [1.165, 1.54) is 33.4 Å². The number of nitrogens with one attached hydrogen (secondary N) is 1. The number of hydrazone groups is 1.